The number of rotatable bonds is 5. The van der Waals surface area contributed by atoms with E-state index in [2.05, 4.69) is 15.9 Å². The van der Waals surface area contributed by atoms with E-state index in [1.54, 1.807) is 0 Å². The lowest BCUT2D eigenvalue weighted by Crippen LogP contribution is -2.20. The lowest BCUT2D eigenvalue weighted by molar-refractivity contribution is -0.121. The highest BCUT2D eigenvalue weighted by molar-refractivity contribution is 9.10. The number of benzene rings is 2. The molecule has 118 valence electrons. The zero-order valence-electron chi connectivity index (χ0n) is 12.9. The Hall–Kier alpha value is -1.74. The summed E-state index contributed by atoms with van der Waals surface area (Å²) >= 11 is 3.41. The fourth-order valence-corrected chi connectivity index (χ4v) is 3.84. The molecule has 3 rings (SSSR count). The van der Waals surface area contributed by atoms with Crippen LogP contribution in [0.5, 0.6) is 0 Å². The van der Waals surface area contributed by atoms with Gasteiger partial charge in [-0.3, -0.25) is 9.59 Å². The van der Waals surface area contributed by atoms with Gasteiger partial charge in [-0.1, -0.05) is 58.4 Å². The third kappa shape index (κ3) is 3.78. The molecule has 2 aromatic rings. The molecule has 0 N–H and O–H groups in total. The van der Waals surface area contributed by atoms with Crippen molar-refractivity contribution < 1.29 is 9.59 Å². The first-order valence-corrected chi connectivity index (χ1v) is 8.81. The number of hydrogen-bond donors (Lipinski definition) is 0. The second-order valence-electron chi connectivity index (χ2n) is 6.12. The molecule has 0 heterocycles. The smallest absolute Gasteiger partial charge is 0.163 e. The Morgan fingerprint density at radius 3 is 2.57 bits per heavy atom. The third-order valence-electron chi connectivity index (χ3n) is 4.62. The van der Waals surface area contributed by atoms with Gasteiger partial charge in [-0.05, 0) is 30.5 Å². The molecule has 0 spiro atoms. The van der Waals surface area contributed by atoms with Crippen LogP contribution in [0.1, 0.15) is 47.5 Å². The fourth-order valence-electron chi connectivity index (χ4n) is 3.44. The lowest BCUT2D eigenvalue weighted by atomic mass is 9.80. The second kappa shape index (κ2) is 7.22. The summed E-state index contributed by atoms with van der Waals surface area (Å²) in [6.45, 7) is 0. The van der Waals surface area contributed by atoms with E-state index in [1.807, 2.05) is 54.6 Å². The van der Waals surface area contributed by atoms with Gasteiger partial charge in [0.2, 0.25) is 0 Å². The van der Waals surface area contributed by atoms with Gasteiger partial charge >= 0.3 is 0 Å². The molecule has 3 heteroatoms. The van der Waals surface area contributed by atoms with Gasteiger partial charge in [0.25, 0.3) is 0 Å². The van der Waals surface area contributed by atoms with E-state index in [0.717, 1.165) is 22.9 Å². The van der Waals surface area contributed by atoms with E-state index in [-0.39, 0.29) is 17.6 Å². The van der Waals surface area contributed by atoms with Crippen LogP contribution in [0.3, 0.4) is 0 Å². The summed E-state index contributed by atoms with van der Waals surface area (Å²) in [4.78, 5) is 25.0. The maximum absolute atomic E-state index is 12.7. The first-order valence-electron chi connectivity index (χ1n) is 8.01. The minimum atomic E-state index is -0.0199. The average Bonchev–Trinajstić information content (AvgIpc) is 2.99. The van der Waals surface area contributed by atoms with Crippen LogP contribution in [0, 0.1) is 5.92 Å². The van der Waals surface area contributed by atoms with Gasteiger partial charge in [-0.2, -0.15) is 0 Å². The molecule has 1 saturated carbocycles. The zero-order chi connectivity index (χ0) is 16.2. The highest BCUT2D eigenvalue weighted by atomic mass is 79.9. The Bertz CT molecular complexity index is 709. The molecule has 0 amide bonds. The van der Waals surface area contributed by atoms with Gasteiger partial charge < -0.3 is 0 Å². The van der Waals surface area contributed by atoms with Crippen LogP contribution in [-0.4, -0.2) is 11.6 Å². The highest BCUT2D eigenvalue weighted by Crippen LogP contribution is 2.38. The summed E-state index contributed by atoms with van der Waals surface area (Å²) in [6.07, 6.45) is 2.87. The normalized spacial score (nSPS) is 18.8. The van der Waals surface area contributed by atoms with Crippen molar-refractivity contribution in [2.45, 2.75) is 31.6 Å². The van der Waals surface area contributed by atoms with Gasteiger partial charge in [0.05, 0.1) is 0 Å². The van der Waals surface area contributed by atoms with E-state index in [4.69, 9.17) is 0 Å². The van der Waals surface area contributed by atoms with Crippen LogP contribution in [0.15, 0.2) is 59.1 Å². The molecule has 0 radical (unpaired) electrons. The topological polar surface area (TPSA) is 34.1 Å². The van der Waals surface area contributed by atoms with Crippen LogP contribution >= 0.6 is 15.9 Å². The number of carbonyl (C=O) groups excluding carboxylic acids is 2. The minimum Gasteiger partial charge on any atom is -0.299 e. The van der Waals surface area contributed by atoms with E-state index in [1.165, 1.54) is 0 Å². The molecule has 0 saturated heterocycles. The van der Waals surface area contributed by atoms with Crippen molar-refractivity contribution in [3.8, 4) is 0 Å². The lowest BCUT2D eigenvalue weighted by Gasteiger charge is -2.22. The van der Waals surface area contributed by atoms with E-state index < -0.39 is 0 Å². The number of Topliss-reactive ketones (excluding diaryl/α,β-unsaturated/α-hetero) is 2. The Morgan fingerprint density at radius 2 is 1.91 bits per heavy atom. The van der Waals surface area contributed by atoms with E-state index in [0.29, 0.717) is 24.2 Å². The van der Waals surface area contributed by atoms with Gasteiger partial charge in [0, 0.05) is 34.7 Å². The van der Waals surface area contributed by atoms with Crippen molar-refractivity contribution >= 4 is 27.5 Å². The predicted octanol–water partition coefficient (Wildman–Crippen LogP) is 5.17. The van der Waals surface area contributed by atoms with Crippen molar-refractivity contribution in [1.29, 1.82) is 0 Å². The molecule has 0 aliphatic heterocycles. The number of hydrogen-bond acceptors (Lipinski definition) is 2. The van der Waals surface area contributed by atoms with Crippen molar-refractivity contribution in [3.63, 3.8) is 0 Å². The van der Waals surface area contributed by atoms with Gasteiger partial charge in [0.15, 0.2) is 5.78 Å². The molecule has 0 bridgehead atoms. The van der Waals surface area contributed by atoms with Crippen LogP contribution in [0.4, 0.5) is 0 Å². The first kappa shape index (κ1) is 16.1. The van der Waals surface area contributed by atoms with Gasteiger partial charge in [-0.15, -0.1) is 0 Å². The molecule has 2 nitrogen and oxygen atoms in total. The van der Waals surface area contributed by atoms with E-state index >= 15 is 0 Å². The molecule has 1 aliphatic carbocycles. The molecule has 1 fully saturated rings. The molecule has 0 unspecified atom stereocenters. The Morgan fingerprint density at radius 1 is 1.13 bits per heavy atom. The van der Waals surface area contributed by atoms with Crippen molar-refractivity contribution in [2.75, 3.05) is 0 Å². The Labute approximate surface area is 145 Å². The second-order valence-corrected chi connectivity index (χ2v) is 7.04. The largest absolute Gasteiger partial charge is 0.299 e. The minimum absolute atomic E-state index is 0.0160. The summed E-state index contributed by atoms with van der Waals surface area (Å²) in [5.74, 6) is 0.368. The summed E-state index contributed by atoms with van der Waals surface area (Å²) in [5.41, 5.74) is 1.79. The SMILES string of the molecule is O=C(C[C@H](c1ccccc1)[C@@H]1CCCC1=O)c1cccc(Br)c1. The first-order chi connectivity index (χ1) is 11.1. The van der Waals surface area contributed by atoms with Crippen molar-refractivity contribution in [2.24, 2.45) is 5.92 Å². The average molecular weight is 371 g/mol. The molecule has 2 atom stereocenters. The maximum atomic E-state index is 12.7. The summed E-state index contributed by atoms with van der Waals surface area (Å²) < 4.78 is 0.900. The molecular formula is C20H19BrO2. The van der Waals surface area contributed by atoms with Crippen LogP contribution in [-0.2, 0) is 4.79 Å². The summed E-state index contributed by atoms with van der Waals surface area (Å²) in [7, 11) is 0. The Kier molecular flexibility index (Phi) is 5.06. The molecule has 2 aromatic carbocycles. The molecule has 0 aromatic heterocycles. The number of ketones is 2. The van der Waals surface area contributed by atoms with Gasteiger partial charge in [0.1, 0.15) is 5.78 Å². The third-order valence-corrected chi connectivity index (χ3v) is 5.11. The van der Waals surface area contributed by atoms with Gasteiger partial charge in [-0.25, -0.2) is 0 Å². The molecular weight excluding hydrogens is 352 g/mol. The monoisotopic (exact) mass is 370 g/mol. The van der Waals surface area contributed by atoms with E-state index in [9.17, 15) is 9.59 Å². The van der Waals surface area contributed by atoms with Crippen LogP contribution < -0.4 is 0 Å². The Balaban J connectivity index is 1.87. The van der Waals surface area contributed by atoms with Crippen molar-refractivity contribution in [1.82, 2.24) is 0 Å². The zero-order valence-corrected chi connectivity index (χ0v) is 14.5. The number of carbonyl (C=O) groups is 2. The molecule has 1 aliphatic rings. The summed E-state index contributed by atoms with van der Waals surface area (Å²) in [5, 5.41) is 0. The fraction of sp³-hybridized carbons (Fsp3) is 0.300. The standard InChI is InChI=1S/C20H19BrO2/c21-16-9-4-8-15(12-16)20(23)13-18(14-6-2-1-3-7-14)17-10-5-11-19(17)22/h1-4,6-9,12,17-18H,5,10-11,13H2/t17-,18+/m0/s1. The highest BCUT2D eigenvalue weighted by Gasteiger charge is 2.34. The predicted molar refractivity (Wildman–Crippen MR) is 94.6 cm³/mol. The van der Waals surface area contributed by atoms with Crippen LogP contribution in [0.25, 0.3) is 0 Å². The van der Waals surface area contributed by atoms with Crippen molar-refractivity contribution in [3.05, 3.63) is 70.2 Å². The van der Waals surface area contributed by atoms with Crippen LogP contribution in [0.2, 0.25) is 0 Å². The summed E-state index contributed by atoms with van der Waals surface area (Å²) in [6, 6.07) is 17.5. The number of halogens is 1. The maximum Gasteiger partial charge on any atom is 0.163 e. The quantitative estimate of drug-likeness (QED) is 0.679. The molecule has 23 heavy (non-hydrogen) atoms.